The van der Waals surface area contributed by atoms with Crippen molar-refractivity contribution < 1.29 is 0 Å². The second-order valence-corrected chi connectivity index (χ2v) is 4.62. The Morgan fingerprint density at radius 3 is 2.71 bits per heavy atom. The first kappa shape index (κ1) is 11.9. The van der Waals surface area contributed by atoms with Crippen LogP contribution in [0.15, 0.2) is 23.1 Å². The standard InChI is InChI=1S/C12H14ClN3O/c1-7(2)10-8(3)15-16(12(10)17)9-5-4-6-14-11(9)13/h4-7,15H,1-3H3. The van der Waals surface area contributed by atoms with Gasteiger partial charge in [0.05, 0.1) is 0 Å². The normalized spacial score (nSPS) is 11.1. The molecule has 0 saturated heterocycles. The molecular weight excluding hydrogens is 238 g/mol. The Morgan fingerprint density at radius 1 is 1.47 bits per heavy atom. The molecule has 2 aromatic rings. The van der Waals surface area contributed by atoms with Crippen LogP contribution in [0.25, 0.3) is 5.69 Å². The molecule has 1 N–H and O–H groups in total. The number of H-pyrrole nitrogens is 1. The highest BCUT2D eigenvalue weighted by atomic mass is 35.5. The third-order valence-electron chi connectivity index (χ3n) is 2.67. The van der Waals surface area contributed by atoms with Gasteiger partial charge in [0.25, 0.3) is 5.56 Å². The van der Waals surface area contributed by atoms with E-state index < -0.39 is 0 Å². The van der Waals surface area contributed by atoms with Crippen molar-refractivity contribution in [2.45, 2.75) is 26.7 Å². The van der Waals surface area contributed by atoms with Crippen LogP contribution in [0, 0.1) is 6.92 Å². The minimum Gasteiger partial charge on any atom is -0.295 e. The Hall–Kier alpha value is -1.55. The highest BCUT2D eigenvalue weighted by Crippen LogP contribution is 2.18. The van der Waals surface area contributed by atoms with Gasteiger partial charge in [0.2, 0.25) is 0 Å². The molecule has 17 heavy (non-hydrogen) atoms. The highest BCUT2D eigenvalue weighted by Gasteiger charge is 2.16. The first-order valence-electron chi connectivity index (χ1n) is 5.44. The lowest BCUT2D eigenvalue weighted by Gasteiger charge is -2.02. The lowest BCUT2D eigenvalue weighted by atomic mass is 10.1. The van der Waals surface area contributed by atoms with Gasteiger partial charge in [-0.1, -0.05) is 25.4 Å². The average molecular weight is 252 g/mol. The summed E-state index contributed by atoms with van der Waals surface area (Å²) in [6.07, 6.45) is 1.59. The summed E-state index contributed by atoms with van der Waals surface area (Å²) >= 11 is 5.98. The Balaban J connectivity index is 2.67. The second kappa shape index (κ2) is 4.37. The maximum absolute atomic E-state index is 12.2. The number of nitrogens with one attached hydrogen (secondary N) is 1. The molecule has 0 fully saturated rings. The monoisotopic (exact) mass is 251 g/mol. The fourth-order valence-corrected chi connectivity index (χ4v) is 2.16. The van der Waals surface area contributed by atoms with E-state index in [1.54, 1.807) is 18.3 Å². The number of aryl methyl sites for hydroxylation is 1. The van der Waals surface area contributed by atoms with Crippen molar-refractivity contribution >= 4 is 11.6 Å². The van der Waals surface area contributed by atoms with E-state index in [2.05, 4.69) is 10.1 Å². The number of halogens is 1. The fraction of sp³-hybridized carbons (Fsp3) is 0.333. The van der Waals surface area contributed by atoms with E-state index in [0.29, 0.717) is 10.8 Å². The van der Waals surface area contributed by atoms with Gasteiger partial charge in [-0.05, 0) is 25.0 Å². The summed E-state index contributed by atoms with van der Waals surface area (Å²) < 4.78 is 1.44. The topological polar surface area (TPSA) is 50.7 Å². The summed E-state index contributed by atoms with van der Waals surface area (Å²) in [4.78, 5) is 16.2. The van der Waals surface area contributed by atoms with Crippen LogP contribution < -0.4 is 5.56 Å². The molecular formula is C12H14ClN3O. The largest absolute Gasteiger partial charge is 0.295 e. The summed E-state index contributed by atoms with van der Waals surface area (Å²) in [5.41, 5.74) is 2.16. The molecule has 90 valence electrons. The van der Waals surface area contributed by atoms with Gasteiger partial charge in [0.1, 0.15) is 5.69 Å². The van der Waals surface area contributed by atoms with Crippen LogP contribution in [-0.4, -0.2) is 14.8 Å². The number of aromatic nitrogens is 3. The summed E-state index contributed by atoms with van der Waals surface area (Å²) in [6.45, 7) is 5.87. The maximum atomic E-state index is 12.2. The number of hydrogen-bond acceptors (Lipinski definition) is 2. The first-order valence-corrected chi connectivity index (χ1v) is 5.82. The molecule has 0 spiro atoms. The molecule has 0 radical (unpaired) electrons. The number of aromatic amines is 1. The summed E-state index contributed by atoms with van der Waals surface area (Å²) in [5.74, 6) is 0.176. The van der Waals surface area contributed by atoms with Crippen LogP contribution >= 0.6 is 11.6 Å². The quantitative estimate of drug-likeness (QED) is 0.835. The lowest BCUT2D eigenvalue weighted by molar-refractivity contribution is 0.821. The minimum atomic E-state index is -0.0626. The highest BCUT2D eigenvalue weighted by molar-refractivity contribution is 6.31. The Labute approximate surface area is 104 Å². The van der Waals surface area contributed by atoms with Crippen LogP contribution in [0.2, 0.25) is 5.15 Å². The third kappa shape index (κ3) is 2.00. The van der Waals surface area contributed by atoms with Gasteiger partial charge in [0, 0.05) is 17.5 Å². The zero-order chi connectivity index (χ0) is 12.6. The van der Waals surface area contributed by atoms with E-state index in [0.717, 1.165) is 11.3 Å². The van der Waals surface area contributed by atoms with Crippen molar-refractivity contribution in [3.63, 3.8) is 0 Å². The molecule has 2 aromatic heterocycles. The lowest BCUT2D eigenvalue weighted by Crippen LogP contribution is -2.18. The van der Waals surface area contributed by atoms with Crippen molar-refractivity contribution in [3.05, 3.63) is 45.1 Å². The minimum absolute atomic E-state index is 0.0626. The van der Waals surface area contributed by atoms with E-state index in [1.807, 2.05) is 20.8 Å². The van der Waals surface area contributed by atoms with E-state index in [4.69, 9.17) is 11.6 Å². The third-order valence-corrected chi connectivity index (χ3v) is 2.97. The summed E-state index contributed by atoms with van der Waals surface area (Å²) in [7, 11) is 0. The molecule has 0 aliphatic carbocycles. The molecule has 0 aliphatic rings. The molecule has 0 aromatic carbocycles. The van der Waals surface area contributed by atoms with Gasteiger partial charge in [0.15, 0.2) is 5.15 Å². The van der Waals surface area contributed by atoms with Crippen molar-refractivity contribution in [3.8, 4) is 5.69 Å². The predicted molar refractivity (Wildman–Crippen MR) is 68.0 cm³/mol. The van der Waals surface area contributed by atoms with E-state index >= 15 is 0 Å². The molecule has 0 saturated carbocycles. The molecule has 2 rings (SSSR count). The number of rotatable bonds is 2. The zero-order valence-electron chi connectivity index (χ0n) is 9.99. The fourth-order valence-electron chi connectivity index (χ4n) is 1.95. The van der Waals surface area contributed by atoms with E-state index in [1.165, 1.54) is 4.68 Å². The Morgan fingerprint density at radius 2 is 2.18 bits per heavy atom. The average Bonchev–Trinajstić information content (AvgIpc) is 2.55. The Kier molecular flexibility index (Phi) is 3.07. The van der Waals surface area contributed by atoms with Crippen LogP contribution in [0.3, 0.4) is 0 Å². The SMILES string of the molecule is Cc1[nH]n(-c2cccnc2Cl)c(=O)c1C(C)C. The molecule has 0 bridgehead atoms. The van der Waals surface area contributed by atoms with E-state index in [-0.39, 0.29) is 11.5 Å². The molecule has 4 nitrogen and oxygen atoms in total. The van der Waals surface area contributed by atoms with Crippen LogP contribution in [0.1, 0.15) is 31.0 Å². The summed E-state index contributed by atoms with van der Waals surface area (Å²) in [5, 5.41) is 3.34. The van der Waals surface area contributed by atoms with Gasteiger partial charge in [-0.3, -0.25) is 9.89 Å². The molecule has 2 heterocycles. The van der Waals surface area contributed by atoms with Crippen molar-refractivity contribution in [1.82, 2.24) is 14.8 Å². The van der Waals surface area contributed by atoms with Gasteiger partial charge in [-0.2, -0.15) is 0 Å². The smallest absolute Gasteiger partial charge is 0.275 e. The molecule has 0 atom stereocenters. The molecule has 5 heteroatoms. The van der Waals surface area contributed by atoms with Crippen LogP contribution in [-0.2, 0) is 0 Å². The second-order valence-electron chi connectivity index (χ2n) is 4.26. The van der Waals surface area contributed by atoms with Gasteiger partial charge >= 0.3 is 0 Å². The molecule has 0 unspecified atom stereocenters. The predicted octanol–water partition coefficient (Wildman–Crippen LogP) is 2.65. The number of pyridine rings is 1. The molecule has 0 amide bonds. The van der Waals surface area contributed by atoms with Crippen molar-refractivity contribution in [2.24, 2.45) is 0 Å². The Bertz CT molecular complexity index is 598. The number of hydrogen-bond donors (Lipinski definition) is 1. The van der Waals surface area contributed by atoms with Gasteiger partial charge in [-0.25, -0.2) is 9.67 Å². The molecule has 0 aliphatic heterocycles. The van der Waals surface area contributed by atoms with E-state index in [9.17, 15) is 4.79 Å². The van der Waals surface area contributed by atoms with Crippen LogP contribution in [0.4, 0.5) is 0 Å². The first-order chi connectivity index (χ1) is 8.02. The van der Waals surface area contributed by atoms with Crippen molar-refractivity contribution in [2.75, 3.05) is 0 Å². The maximum Gasteiger partial charge on any atom is 0.275 e. The zero-order valence-corrected chi connectivity index (χ0v) is 10.7. The van der Waals surface area contributed by atoms with Gasteiger partial charge < -0.3 is 0 Å². The summed E-state index contributed by atoms with van der Waals surface area (Å²) in [6, 6.07) is 3.51. The number of nitrogens with zero attached hydrogens (tertiary/aromatic N) is 2. The van der Waals surface area contributed by atoms with Gasteiger partial charge in [-0.15, -0.1) is 0 Å². The van der Waals surface area contributed by atoms with Crippen molar-refractivity contribution in [1.29, 1.82) is 0 Å². The van der Waals surface area contributed by atoms with Crippen LogP contribution in [0.5, 0.6) is 0 Å².